The number of likely N-dealkylation sites (N-methyl/N-ethyl adjacent to an activating group) is 1. The smallest absolute Gasteiger partial charge is 0.250 e. The van der Waals surface area contributed by atoms with Gasteiger partial charge in [0.2, 0.25) is 5.96 Å². The number of anilines is 1. The molecule has 0 aliphatic carbocycles. The molecule has 78 valence electrons. The lowest BCUT2D eigenvalue weighted by Crippen LogP contribution is -2.39. The summed E-state index contributed by atoms with van der Waals surface area (Å²) in [6, 6.07) is 9.85. The zero-order chi connectivity index (χ0) is 10.8. The molecular weight excluding hydrogens is 190 g/mol. The lowest BCUT2D eigenvalue weighted by Gasteiger charge is -2.23. The Bertz CT molecular complexity index is 400. The van der Waals surface area contributed by atoms with Crippen molar-refractivity contribution in [3.05, 3.63) is 30.3 Å². The molecule has 1 amide bonds. The molecule has 1 aliphatic rings. The first-order chi connectivity index (χ1) is 7.20. The molecule has 1 aromatic rings. The summed E-state index contributed by atoms with van der Waals surface area (Å²) in [5.41, 5.74) is 1.03. The molecule has 0 bridgehead atoms. The van der Waals surface area contributed by atoms with Gasteiger partial charge in [-0.2, -0.15) is 0 Å². The summed E-state index contributed by atoms with van der Waals surface area (Å²) in [4.78, 5) is 19.0. The van der Waals surface area contributed by atoms with Crippen molar-refractivity contribution in [2.75, 3.05) is 25.5 Å². The molecule has 4 heteroatoms. The average Bonchev–Trinajstić information content (AvgIpc) is 2.60. The minimum atomic E-state index is 0.0350. The van der Waals surface area contributed by atoms with Crippen LogP contribution >= 0.6 is 0 Å². The minimum absolute atomic E-state index is 0.0350. The van der Waals surface area contributed by atoms with Crippen LogP contribution in [0.5, 0.6) is 0 Å². The highest BCUT2D eigenvalue weighted by atomic mass is 16.2. The molecule has 4 nitrogen and oxygen atoms in total. The van der Waals surface area contributed by atoms with Crippen LogP contribution in [0.4, 0.5) is 5.69 Å². The van der Waals surface area contributed by atoms with E-state index in [2.05, 4.69) is 4.99 Å². The minimum Gasteiger partial charge on any atom is -0.315 e. The number of amides is 1. The van der Waals surface area contributed by atoms with Crippen molar-refractivity contribution in [3.8, 4) is 0 Å². The van der Waals surface area contributed by atoms with Crippen LogP contribution in [-0.2, 0) is 4.79 Å². The van der Waals surface area contributed by atoms with Crippen LogP contribution in [0.1, 0.15) is 0 Å². The number of benzene rings is 1. The predicted molar refractivity (Wildman–Crippen MR) is 59.9 cm³/mol. The van der Waals surface area contributed by atoms with Gasteiger partial charge in [0.1, 0.15) is 6.54 Å². The third-order valence-corrected chi connectivity index (χ3v) is 2.47. The number of nitrogens with zero attached hydrogens (tertiary/aromatic N) is 3. The third-order valence-electron chi connectivity index (χ3n) is 2.47. The van der Waals surface area contributed by atoms with Gasteiger partial charge in [-0.15, -0.1) is 0 Å². The van der Waals surface area contributed by atoms with Crippen LogP contribution in [0, 0.1) is 0 Å². The fraction of sp³-hybridized carbons (Fsp3) is 0.273. The van der Waals surface area contributed by atoms with E-state index in [9.17, 15) is 4.79 Å². The van der Waals surface area contributed by atoms with Crippen molar-refractivity contribution < 1.29 is 4.79 Å². The van der Waals surface area contributed by atoms with Gasteiger partial charge in [-0.1, -0.05) is 18.2 Å². The fourth-order valence-corrected chi connectivity index (χ4v) is 1.56. The molecule has 0 saturated carbocycles. The van der Waals surface area contributed by atoms with E-state index >= 15 is 0 Å². The first kappa shape index (κ1) is 9.71. The largest absolute Gasteiger partial charge is 0.315 e. The Morgan fingerprint density at radius 3 is 2.53 bits per heavy atom. The molecular formula is C11H13N3O. The van der Waals surface area contributed by atoms with E-state index in [1.165, 1.54) is 0 Å². The third kappa shape index (κ3) is 1.70. The quantitative estimate of drug-likeness (QED) is 0.681. The monoisotopic (exact) mass is 203 g/mol. The molecule has 0 radical (unpaired) electrons. The lowest BCUT2D eigenvalue weighted by atomic mass is 10.3. The second-order valence-corrected chi connectivity index (χ2v) is 3.46. The normalized spacial score (nSPS) is 15.5. The molecule has 0 fully saturated rings. The van der Waals surface area contributed by atoms with Crippen LogP contribution in [-0.4, -0.2) is 37.4 Å². The molecule has 0 N–H and O–H groups in total. The Morgan fingerprint density at radius 1 is 1.33 bits per heavy atom. The van der Waals surface area contributed by atoms with Gasteiger partial charge < -0.3 is 4.90 Å². The standard InChI is InChI=1S/C11H13N3O/c1-13(9-6-4-3-5-7-9)11-12-8-10(15)14(11)2/h3-7H,8H2,1-2H3. The summed E-state index contributed by atoms with van der Waals surface area (Å²) in [5, 5.41) is 0. The van der Waals surface area contributed by atoms with Crippen molar-refractivity contribution >= 4 is 17.6 Å². The van der Waals surface area contributed by atoms with Crippen molar-refractivity contribution in [2.24, 2.45) is 4.99 Å². The van der Waals surface area contributed by atoms with Gasteiger partial charge in [-0.05, 0) is 12.1 Å². The van der Waals surface area contributed by atoms with Crippen LogP contribution in [0.3, 0.4) is 0 Å². The van der Waals surface area contributed by atoms with E-state index in [1.807, 2.05) is 42.3 Å². The van der Waals surface area contributed by atoms with Crippen molar-refractivity contribution in [2.45, 2.75) is 0 Å². The Kier molecular flexibility index (Phi) is 2.41. The zero-order valence-electron chi connectivity index (χ0n) is 8.84. The number of aliphatic imine (C=N–C) groups is 1. The molecule has 0 spiro atoms. The first-order valence-corrected chi connectivity index (χ1v) is 4.80. The molecule has 0 unspecified atom stereocenters. The van der Waals surface area contributed by atoms with Gasteiger partial charge in [0.25, 0.3) is 5.91 Å². The van der Waals surface area contributed by atoms with Gasteiger partial charge in [0.05, 0.1) is 0 Å². The highest BCUT2D eigenvalue weighted by molar-refractivity contribution is 6.09. The fourth-order valence-electron chi connectivity index (χ4n) is 1.56. The molecule has 0 saturated heterocycles. The summed E-state index contributed by atoms with van der Waals surface area (Å²) in [6.45, 7) is 0.253. The van der Waals surface area contributed by atoms with Gasteiger partial charge >= 0.3 is 0 Å². The van der Waals surface area contributed by atoms with E-state index in [-0.39, 0.29) is 12.5 Å². The maximum absolute atomic E-state index is 11.3. The number of guanidine groups is 1. The summed E-state index contributed by atoms with van der Waals surface area (Å²) in [6.07, 6.45) is 0. The number of rotatable bonds is 1. The highest BCUT2D eigenvalue weighted by Gasteiger charge is 2.24. The van der Waals surface area contributed by atoms with Gasteiger partial charge in [-0.3, -0.25) is 9.69 Å². The van der Waals surface area contributed by atoms with Crippen molar-refractivity contribution in [3.63, 3.8) is 0 Å². The molecule has 15 heavy (non-hydrogen) atoms. The molecule has 0 aromatic heterocycles. The second-order valence-electron chi connectivity index (χ2n) is 3.46. The summed E-state index contributed by atoms with van der Waals surface area (Å²) in [7, 11) is 3.65. The SMILES string of the molecule is CN1C(=O)CN=C1N(C)c1ccccc1. The first-order valence-electron chi connectivity index (χ1n) is 4.80. The molecule has 1 aromatic carbocycles. The van der Waals surface area contributed by atoms with Crippen LogP contribution in [0.15, 0.2) is 35.3 Å². The van der Waals surface area contributed by atoms with Gasteiger partial charge in [0, 0.05) is 19.8 Å². The number of para-hydroxylation sites is 1. The number of hydrogen-bond donors (Lipinski definition) is 0. The maximum Gasteiger partial charge on any atom is 0.250 e. The number of carbonyl (C=O) groups excluding carboxylic acids is 1. The molecule has 1 aliphatic heterocycles. The number of hydrogen-bond acceptors (Lipinski definition) is 3. The van der Waals surface area contributed by atoms with Crippen LogP contribution in [0.25, 0.3) is 0 Å². The molecule has 0 atom stereocenters. The van der Waals surface area contributed by atoms with Gasteiger partial charge in [-0.25, -0.2) is 4.99 Å². The average molecular weight is 203 g/mol. The zero-order valence-corrected chi connectivity index (χ0v) is 8.84. The summed E-state index contributed by atoms with van der Waals surface area (Å²) in [5.74, 6) is 0.735. The highest BCUT2D eigenvalue weighted by Crippen LogP contribution is 2.15. The molecule has 2 rings (SSSR count). The van der Waals surface area contributed by atoms with Crippen LogP contribution in [0.2, 0.25) is 0 Å². The van der Waals surface area contributed by atoms with Crippen molar-refractivity contribution in [1.82, 2.24) is 4.90 Å². The molecule has 1 heterocycles. The van der Waals surface area contributed by atoms with Crippen LogP contribution < -0.4 is 4.90 Å². The predicted octanol–water partition coefficient (Wildman–Crippen LogP) is 0.951. The van der Waals surface area contributed by atoms with Crippen molar-refractivity contribution in [1.29, 1.82) is 0 Å². The van der Waals surface area contributed by atoms with E-state index < -0.39 is 0 Å². The second kappa shape index (κ2) is 3.73. The van der Waals surface area contributed by atoms with E-state index in [4.69, 9.17) is 0 Å². The maximum atomic E-state index is 11.3. The van der Waals surface area contributed by atoms with E-state index in [0.717, 1.165) is 5.69 Å². The lowest BCUT2D eigenvalue weighted by molar-refractivity contribution is -0.123. The van der Waals surface area contributed by atoms with E-state index in [0.29, 0.717) is 5.96 Å². The topological polar surface area (TPSA) is 35.9 Å². The Hall–Kier alpha value is -1.84. The Balaban J connectivity index is 2.23. The number of carbonyl (C=O) groups is 1. The van der Waals surface area contributed by atoms with E-state index in [1.54, 1.807) is 11.9 Å². The summed E-state index contributed by atoms with van der Waals surface area (Å²) < 4.78 is 0. The van der Waals surface area contributed by atoms with Gasteiger partial charge in [0.15, 0.2) is 0 Å². The Labute approximate surface area is 88.8 Å². The summed E-state index contributed by atoms with van der Waals surface area (Å²) >= 11 is 0. The Morgan fingerprint density at radius 2 is 2.00 bits per heavy atom.